The fourth-order valence-corrected chi connectivity index (χ4v) is 4.06. The van der Waals surface area contributed by atoms with Gasteiger partial charge < -0.3 is 10.1 Å². The van der Waals surface area contributed by atoms with Crippen LogP contribution in [0.1, 0.15) is 12.5 Å². The van der Waals surface area contributed by atoms with Gasteiger partial charge in [-0.1, -0.05) is 29.8 Å². The fraction of sp³-hybridized carbons (Fsp3) is 0.136. The first-order chi connectivity index (χ1) is 15.8. The van der Waals surface area contributed by atoms with Gasteiger partial charge in [-0.3, -0.25) is 19.9 Å². The standard InChI is InChI=1S/C22H18ClN5O4S/c1-13(2)9-24-22-27(25-10-14-3-5-16(23)18(7-14)28(30)31)19(12-33-22)15-4-6-20-17(8-15)26-21(29)11-32-20/h3-8,10,12H,1,9,11H2,2H3,(H,26,29). The number of nitro groups is 1. The number of ether oxygens (including phenoxy) is 1. The van der Waals surface area contributed by atoms with E-state index >= 15 is 0 Å². The van der Waals surface area contributed by atoms with E-state index in [0.717, 1.165) is 16.8 Å². The number of anilines is 1. The molecular weight excluding hydrogens is 466 g/mol. The monoisotopic (exact) mass is 483 g/mol. The van der Waals surface area contributed by atoms with Crippen LogP contribution in [0.5, 0.6) is 5.75 Å². The highest BCUT2D eigenvalue weighted by Gasteiger charge is 2.18. The predicted molar refractivity (Wildman–Crippen MR) is 128 cm³/mol. The SMILES string of the molecule is C=C(C)CN=c1scc(-c2ccc3c(c2)NC(=O)CO3)n1N=Cc1ccc(Cl)c([N+](=O)[O-])c1. The molecule has 0 atom stereocenters. The third-order valence-corrected chi connectivity index (χ3v) is 5.74. The number of hydrogen-bond acceptors (Lipinski definition) is 7. The summed E-state index contributed by atoms with van der Waals surface area (Å²) in [6, 6.07) is 9.90. The van der Waals surface area contributed by atoms with Crippen molar-refractivity contribution >= 4 is 46.4 Å². The van der Waals surface area contributed by atoms with Crippen molar-refractivity contribution in [1.82, 2.24) is 4.68 Å². The Balaban J connectivity index is 1.78. The summed E-state index contributed by atoms with van der Waals surface area (Å²) >= 11 is 7.30. The molecule has 0 fully saturated rings. The Morgan fingerprint density at radius 1 is 1.39 bits per heavy atom. The highest BCUT2D eigenvalue weighted by molar-refractivity contribution is 7.07. The van der Waals surface area contributed by atoms with Crippen LogP contribution in [-0.4, -0.2) is 34.9 Å². The summed E-state index contributed by atoms with van der Waals surface area (Å²) in [5.74, 6) is 0.363. The van der Waals surface area contributed by atoms with Crippen molar-refractivity contribution in [3.8, 4) is 17.0 Å². The Hall–Kier alpha value is -3.76. The van der Waals surface area contributed by atoms with Crippen LogP contribution in [0.15, 0.2) is 64.0 Å². The molecule has 0 saturated carbocycles. The number of hydrogen-bond donors (Lipinski definition) is 1. The molecule has 4 rings (SSSR count). The molecule has 1 aliphatic heterocycles. The molecule has 2 heterocycles. The molecule has 1 N–H and O–H groups in total. The van der Waals surface area contributed by atoms with E-state index in [1.807, 2.05) is 18.4 Å². The van der Waals surface area contributed by atoms with Crippen molar-refractivity contribution in [2.24, 2.45) is 10.1 Å². The normalized spacial score (nSPS) is 13.5. The summed E-state index contributed by atoms with van der Waals surface area (Å²) in [5, 5.41) is 20.5. The van der Waals surface area contributed by atoms with Crippen molar-refractivity contribution in [3.63, 3.8) is 0 Å². The highest BCUT2D eigenvalue weighted by Crippen LogP contribution is 2.33. The molecule has 168 valence electrons. The van der Waals surface area contributed by atoms with Crippen molar-refractivity contribution in [2.45, 2.75) is 6.92 Å². The number of aromatic nitrogens is 1. The van der Waals surface area contributed by atoms with Crippen LogP contribution in [-0.2, 0) is 4.79 Å². The lowest BCUT2D eigenvalue weighted by Gasteiger charge is -2.18. The van der Waals surface area contributed by atoms with Crippen molar-refractivity contribution < 1.29 is 14.5 Å². The summed E-state index contributed by atoms with van der Waals surface area (Å²) in [4.78, 5) is 27.6. The molecule has 1 aliphatic rings. The number of nitrogens with zero attached hydrogens (tertiary/aromatic N) is 4. The molecular formula is C22H18ClN5O4S. The number of carbonyl (C=O) groups is 1. The number of nitro benzene ring substituents is 1. The third kappa shape index (κ3) is 5.02. The first kappa shape index (κ1) is 22.4. The van der Waals surface area contributed by atoms with Gasteiger partial charge in [0.2, 0.25) is 4.80 Å². The lowest BCUT2D eigenvalue weighted by molar-refractivity contribution is -0.384. The molecule has 0 spiro atoms. The van der Waals surface area contributed by atoms with Gasteiger partial charge >= 0.3 is 0 Å². The van der Waals surface area contributed by atoms with Gasteiger partial charge in [-0.05, 0) is 31.2 Å². The van der Waals surface area contributed by atoms with Gasteiger partial charge in [-0.2, -0.15) is 5.10 Å². The maximum atomic E-state index is 11.7. The molecule has 2 aromatic carbocycles. The van der Waals surface area contributed by atoms with E-state index in [0.29, 0.717) is 28.3 Å². The van der Waals surface area contributed by atoms with E-state index in [9.17, 15) is 14.9 Å². The molecule has 9 nitrogen and oxygen atoms in total. The molecule has 1 amide bonds. The minimum atomic E-state index is -0.542. The molecule has 1 aromatic heterocycles. The summed E-state index contributed by atoms with van der Waals surface area (Å²) in [7, 11) is 0. The van der Waals surface area contributed by atoms with Gasteiger partial charge in [0, 0.05) is 22.6 Å². The minimum Gasteiger partial charge on any atom is -0.482 e. The molecule has 0 aliphatic carbocycles. The van der Waals surface area contributed by atoms with Gasteiger partial charge in [0.15, 0.2) is 6.61 Å². The van der Waals surface area contributed by atoms with Gasteiger partial charge in [0.25, 0.3) is 11.6 Å². The van der Waals surface area contributed by atoms with E-state index in [1.54, 1.807) is 22.9 Å². The zero-order valence-electron chi connectivity index (χ0n) is 17.4. The number of thiazole rings is 1. The quantitative estimate of drug-likeness (QED) is 0.241. The van der Waals surface area contributed by atoms with Gasteiger partial charge in [-0.15, -0.1) is 11.3 Å². The molecule has 0 bridgehead atoms. The van der Waals surface area contributed by atoms with Crippen molar-refractivity contribution in [2.75, 3.05) is 18.5 Å². The first-order valence-electron chi connectivity index (χ1n) is 9.72. The lowest BCUT2D eigenvalue weighted by atomic mass is 10.1. The molecule has 11 heteroatoms. The van der Waals surface area contributed by atoms with E-state index < -0.39 is 4.92 Å². The minimum absolute atomic E-state index is 0.0216. The summed E-state index contributed by atoms with van der Waals surface area (Å²) in [6.45, 7) is 6.17. The highest BCUT2D eigenvalue weighted by atomic mass is 35.5. The Kier molecular flexibility index (Phi) is 6.38. The first-order valence-corrected chi connectivity index (χ1v) is 11.0. The number of nitrogens with one attached hydrogen (secondary N) is 1. The van der Waals surface area contributed by atoms with E-state index in [-0.39, 0.29) is 23.2 Å². The smallest absolute Gasteiger partial charge is 0.288 e. The van der Waals surface area contributed by atoms with Crippen LogP contribution in [0.25, 0.3) is 11.3 Å². The second-order valence-corrected chi connectivity index (χ2v) is 8.49. The summed E-state index contributed by atoms with van der Waals surface area (Å²) < 4.78 is 7.07. The second-order valence-electron chi connectivity index (χ2n) is 7.25. The molecule has 0 radical (unpaired) electrons. The predicted octanol–water partition coefficient (Wildman–Crippen LogP) is 4.47. The number of fused-ring (bicyclic) bond motifs is 1. The number of benzene rings is 2. The number of carbonyl (C=O) groups excluding carboxylic acids is 1. The summed E-state index contributed by atoms with van der Waals surface area (Å²) in [5.41, 5.74) is 3.28. The van der Waals surface area contributed by atoms with Crippen LogP contribution >= 0.6 is 22.9 Å². The number of halogens is 1. The maximum absolute atomic E-state index is 11.7. The topological polar surface area (TPSA) is 111 Å². The molecule has 0 unspecified atom stereocenters. The number of amides is 1. The Bertz CT molecular complexity index is 1380. The van der Waals surface area contributed by atoms with Gasteiger partial charge in [-0.25, -0.2) is 4.68 Å². The van der Waals surface area contributed by atoms with Gasteiger partial charge in [0.1, 0.15) is 10.8 Å². The van der Waals surface area contributed by atoms with Crippen molar-refractivity contribution in [3.05, 3.63) is 79.4 Å². The van der Waals surface area contributed by atoms with Crippen LogP contribution in [0.3, 0.4) is 0 Å². The Labute approximate surface area is 197 Å². The third-order valence-electron chi connectivity index (χ3n) is 4.57. The van der Waals surface area contributed by atoms with E-state index in [4.69, 9.17) is 16.3 Å². The van der Waals surface area contributed by atoms with Crippen molar-refractivity contribution in [1.29, 1.82) is 0 Å². The molecule has 0 saturated heterocycles. The number of rotatable bonds is 6. The van der Waals surface area contributed by atoms with E-state index in [1.165, 1.54) is 29.7 Å². The summed E-state index contributed by atoms with van der Waals surface area (Å²) in [6.07, 6.45) is 1.50. The van der Waals surface area contributed by atoms with Crippen LogP contribution in [0, 0.1) is 10.1 Å². The largest absolute Gasteiger partial charge is 0.482 e. The Morgan fingerprint density at radius 3 is 2.97 bits per heavy atom. The Morgan fingerprint density at radius 2 is 2.21 bits per heavy atom. The maximum Gasteiger partial charge on any atom is 0.288 e. The molecule has 3 aromatic rings. The average Bonchev–Trinajstić information content (AvgIpc) is 3.19. The zero-order valence-corrected chi connectivity index (χ0v) is 19.0. The lowest BCUT2D eigenvalue weighted by Crippen LogP contribution is -2.25. The average molecular weight is 484 g/mol. The van der Waals surface area contributed by atoms with Gasteiger partial charge in [0.05, 0.1) is 29.1 Å². The second kappa shape index (κ2) is 9.39. The zero-order chi connectivity index (χ0) is 23.5. The molecule has 33 heavy (non-hydrogen) atoms. The van der Waals surface area contributed by atoms with E-state index in [2.05, 4.69) is 22.0 Å². The fourth-order valence-electron chi connectivity index (χ4n) is 3.04. The van der Waals surface area contributed by atoms with Crippen LogP contribution < -0.4 is 14.9 Å². The van der Waals surface area contributed by atoms with Crippen LogP contribution in [0.2, 0.25) is 5.02 Å². The van der Waals surface area contributed by atoms with Crippen LogP contribution in [0.4, 0.5) is 11.4 Å².